The summed E-state index contributed by atoms with van der Waals surface area (Å²) in [5.74, 6) is -1.50. The van der Waals surface area contributed by atoms with Crippen LogP contribution in [0.2, 0.25) is 0 Å². The van der Waals surface area contributed by atoms with Gasteiger partial charge in [0.05, 0.1) is 41.1 Å². The zero-order valence-corrected chi connectivity index (χ0v) is 40.0. The molecule has 67 heavy (non-hydrogen) atoms. The normalized spacial score (nSPS) is 21.4. The zero-order chi connectivity index (χ0) is 48.5. The lowest BCUT2D eigenvalue weighted by Gasteiger charge is -2.30. The second-order valence-corrected chi connectivity index (χ2v) is 21.5. The van der Waals surface area contributed by atoms with Gasteiger partial charge in [-0.2, -0.15) is 0 Å². The number of fused-ring (bicyclic) bond motifs is 1. The number of anilines is 1. The molecule has 7 rings (SSSR count). The van der Waals surface area contributed by atoms with E-state index in [4.69, 9.17) is 19.4 Å². The van der Waals surface area contributed by atoms with Crippen LogP contribution in [0.3, 0.4) is 0 Å². The largest absolute Gasteiger partial charge is 0.573 e. The number of amides is 2. The van der Waals surface area contributed by atoms with Crippen LogP contribution in [0, 0.1) is 18.3 Å². The molecule has 2 aliphatic carbocycles. The first-order chi connectivity index (χ1) is 31.7. The van der Waals surface area contributed by atoms with E-state index in [9.17, 15) is 31.2 Å². The summed E-state index contributed by atoms with van der Waals surface area (Å²) < 4.78 is 84.1. The molecule has 0 radical (unpaired) electrons. The monoisotopic (exact) mass is 965 g/mol. The van der Waals surface area contributed by atoms with Crippen LogP contribution in [-0.2, 0) is 24.4 Å². The van der Waals surface area contributed by atoms with Gasteiger partial charge >= 0.3 is 6.36 Å². The molecule has 18 heteroatoms. The number of benzene rings is 2. The van der Waals surface area contributed by atoms with Crippen molar-refractivity contribution < 1.29 is 50.2 Å². The summed E-state index contributed by atoms with van der Waals surface area (Å²) >= 11 is 1.45. The number of halogens is 3. The lowest BCUT2D eigenvalue weighted by molar-refractivity contribution is -0.274. The summed E-state index contributed by atoms with van der Waals surface area (Å²) in [4.78, 5) is 55.2. The molecule has 0 unspecified atom stereocenters. The fraction of sp³-hybridized carbons (Fsp3) is 0.490. The summed E-state index contributed by atoms with van der Waals surface area (Å²) in [7, 11) is -2.46. The molecule has 5 atom stereocenters. The van der Waals surface area contributed by atoms with E-state index in [1.54, 1.807) is 32.3 Å². The van der Waals surface area contributed by atoms with Crippen molar-refractivity contribution >= 4 is 55.5 Å². The maximum Gasteiger partial charge on any atom is 0.573 e. The molecule has 360 valence electrons. The third kappa shape index (κ3) is 11.0. The van der Waals surface area contributed by atoms with Crippen molar-refractivity contribution in [3.63, 3.8) is 0 Å². The molecule has 3 heterocycles. The van der Waals surface area contributed by atoms with Crippen molar-refractivity contribution in [2.45, 2.75) is 127 Å². The Hall–Kier alpha value is -5.49. The number of sulfonamides is 1. The van der Waals surface area contributed by atoms with Crippen molar-refractivity contribution in [2.24, 2.45) is 11.3 Å². The van der Waals surface area contributed by atoms with Crippen LogP contribution < -0.4 is 24.2 Å². The van der Waals surface area contributed by atoms with E-state index < -0.39 is 74.0 Å². The van der Waals surface area contributed by atoms with E-state index in [2.05, 4.69) is 41.8 Å². The molecule has 2 aromatic heterocycles. The number of hydrogen-bond donors (Lipinski definition) is 2. The molecule has 2 saturated carbocycles. The number of carbonyl (C=O) groups is 3. The number of nitrogens with one attached hydrogen (secondary N) is 2. The van der Waals surface area contributed by atoms with Gasteiger partial charge in [0.1, 0.15) is 40.1 Å². The van der Waals surface area contributed by atoms with Gasteiger partial charge < -0.3 is 24.4 Å². The molecule has 3 fully saturated rings. The Bertz CT molecular complexity index is 2650. The topological polar surface area (TPSA) is 166 Å². The highest BCUT2D eigenvalue weighted by atomic mass is 32.2. The molecule has 2 N–H and O–H groups in total. The quantitative estimate of drug-likeness (QED) is 0.0569. The summed E-state index contributed by atoms with van der Waals surface area (Å²) in [5.41, 5.74) is 1.62. The Balaban J connectivity index is 1.24. The number of carbonyl (C=O) groups excluding carboxylic acids is 3. The van der Waals surface area contributed by atoms with Crippen molar-refractivity contribution in [3.8, 4) is 28.0 Å². The molecule has 2 aromatic carbocycles. The maximum atomic E-state index is 15.1. The number of pyridine rings is 1. The Labute approximate surface area is 393 Å². The molecular weight excluding hydrogens is 908 g/mol. The average molecular weight is 966 g/mol. The highest BCUT2D eigenvalue weighted by Gasteiger charge is 2.62. The van der Waals surface area contributed by atoms with E-state index in [-0.39, 0.29) is 43.8 Å². The summed E-state index contributed by atoms with van der Waals surface area (Å²) in [5, 5.41) is 6.44. The number of ketones is 1. The molecule has 2 amide bonds. The van der Waals surface area contributed by atoms with Crippen molar-refractivity contribution in [1.82, 2.24) is 19.6 Å². The number of Topliss-reactive ketones (excluding diaryl/α,β-unsaturated/α-hetero) is 1. The smallest absolute Gasteiger partial charge is 0.496 e. The van der Waals surface area contributed by atoms with Crippen LogP contribution >= 0.6 is 11.3 Å². The maximum absolute atomic E-state index is 15.1. The molecular formula is C49H58F3N5O8S2. The SMILES string of the molecule is C=CCCCCC[C@H](Nc1cccc(OC(F)(F)F)c1)C(=O)N1C[C@H](Oc2cc(-c3nc(C(C)C)cs3)nc3c(C)c(OC)ccc23)C[C@H]1C(=O)C[C@]1(C(=O)NS(=O)(=O)C2(C)CC2)C[C@H]1C=C. The molecule has 1 aliphatic heterocycles. The van der Waals surface area contributed by atoms with Crippen LogP contribution in [0.4, 0.5) is 18.9 Å². The molecule has 0 bridgehead atoms. The van der Waals surface area contributed by atoms with Gasteiger partial charge in [0.15, 0.2) is 5.78 Å². The fourth-order valence-corrected chi connectivity index (χ4v) is 11.0. The Morgan fingerprint density at radius 1 is 1.06 bits per heavy atom. The van der Waals surface area contributed by atoms with Gasteiger partial charge in [0.25, 0.3) is 0 Å². The predicted octanol–water partition coefficient (Wildman–Crippen LogP) is 9.81. The van der Waals surface area contributed by atoms with Crippen LogP contribution in [0.5, 0.6) is 17.2 Å². The number of methoxy groups -OCH3 is 1. The standard InChI is InChI=1S/C49H58F3N5O8S2/c1-8-10-11-12-13-17-36(53-32-15-14-16-33(22-32)65-49(50,51)52)45(59)57-27-34(23-39(57)40(58)26-48(25-31(48)9-2)46(60)56-67(61,62)47(6)20-21-47)64-42-24-37(44-55-38(28-66-44)29(3)4)54-43-30(5)41(63-7)19-18-35(42)43/h8-9,14-16,18-19,22,24,28-29,31,34,36,39,53H,1-2,10-13,17,20-21,23,25-27H2,3-7H3,(H,56,60)/t31-,34-,36+,39+,48-/m1/s1. The third-order valence-electron chi connectivity index (χ3n) is 13.2. The van der Waals surface area contributed by atoms with Crippen molar-refractivity contribution in [2.75, 3.05) is 19.0 Å². The molecule has 4 aromatic rings. The second-order valence-electron chi connectivity index (χ2n) is 18.4. The number of alkyl halides is 3. The van der Waals surface area contributed by atoms with E-state index in [0.717, 1.165) is 42.7 Å². The number of hydrogen-bond acceptors (Lipinski definition) is 12. The minimum absolute atomic E-state index is 0.0153. The number of likely N-dealkylation sites (tertiary alicyclic amines) is 1. The van der Waals surface area contributed by atoms with E-state index in [1.807, 2.05) is 24.4 Å². The van der Waals surface area contributed by atoms with Gasteiger partial charge in [0.2, 0.25) is 21.8 Å². The number of allylic oxidation sites excluding steroid dienone is 2. The van der Waals surface area contributed by atoms with E-state index in [0.29, 0.717) is 52.4 Å². The first kappa shape index (κ1) is 49.4. The number of aryl methyl sites for hydroxylation is 1. The van der Waals surface area contributed by atoms with E-state index in [1.165, 1.54) is 28.4 Å². The first-order valence-electron chi connectivity index (χ1n) is 22.6. The fourth-order valence-electron chi connectivity index (χ4n) is 8.75. The number of ether oxygens (including phenoxy) is 3. The predicted molar refractivity (Wildman–Crippen MR) is 252 cm³/mol. The van der Waals surface area contributed by atoms with Crippen LogP contribution in [0.1, 0.15) is 102 Å². The Kier molecular flexibility index (Phi) is 14.5. The van der Waals surface area contributed by atoms with Crippen LogP contribution in [-0.4, -0.2) is 83.8 Å². The van der Waals surface area contributed by atoms with Crippen molar-refractivity contribution in [3.05, 3.63) is 84.4 Å². The zero-order valence-electron chi connectivity index (χ0n) is 38.4. The molecule has 1 saturated heterocycles. The first-order valence-corrected chi connectivity index (χ1v) is 24.9. The summed E-state index contributed by atoms with van der Waals surface area (Å²) in [6, 6.07) is 8.51. The number of nitrogens with zero attached hydrogens (tertiary/aromatic N) is 3. The Morgan fingerprint density at radius 2 is 1.82 bits per heavy atom. The number of aromatic nitrogens is 2. The third-order valence-corrected chi connectivity index (χ3v) is 16.3. The molecule has 13 nitrogen and oxygen atoms in total. The lowest BCUT2D eigenvalue weighted by atomic mass is 9.91. The summed E-state index contributed by atoms with van der Waals surface area (Å²) in [6.45, 7) is 15.1. The molecule has 3 aliphatic rings. The highest BCUT2D eigenvalue weighted by Crippen LogP contribution is 2.57. The minimum Gasteiger partial charge on any atom is -0.496 e. The van der Waals surface area contributed by atoms with Crippen LogP contribution in [0.25, 0.3) is 21.6 Å². The number of thiazole rings is 1. The number of rotatable bonds is 22. The van der Waals surface area contributed by atoms with Crippen LogP contribution in [0.15, 0.2) is 73.2 Å². The lowest BCUT2D eigenvalue weighted by Crippen LogP contribution is -2.49. The average Bonchev–Trinajstić information content (AvgIpc) is 4.06. The summed E-state index contributed by atoms with van der Waals surface area (Å²) in [6.07, 6.45) is 1.37. The van der Waals surface area contributed by atoms with Gasteiger partial charge in [-0.05, 0) is 88.5 Å². The van der Waals surface area contributed by atoms with Crippen molar-refractivity contribution in [1.29, 1.82) is 0 Å². The van der Waals surface area contributed by atoms with Gasteiger partial charge in [0, 0.05) is 47.0 Å². The minimum atomic E-state index is -4.94. The van der Waals surface area contributed by atoms with Gasteiger partial charge in [-0.3, -0.25) is 19.1 Å². The number of unbranched alkanes of at least 4 members (excludes halogenated alkanes) is 3. The Morgan fingerprint density at radius 3 is 2.46 bits per heavy atom. The van der Waals surface area contributed by atoms with Gasteiger partial charge in [-0.15, -0.1) is 37.7 Å². The second kappa shape index (κ2) is 19.6. The van der Waals surface area contributed by atoms with E-state index >= 15 is 4.79 Å². The van der Waals surface area contributed by atoms with Gasteiger partial charge in [-0.25, -0.2) is 18.4 Å². The highest BCUT2D eigenvalue weighted by molar-refractivity contribution is 7.91. The van der Waals surface area contributed by atoms with Gasteiger partial charge in [-0.1, -0.05) is 44.9 Å². The molecule has 0 spiro atoms.